The number of aromatic nitrogens is 2. The van der Waals surface area contributed by atoms with E-state index in [1.165, 1.54) is 0 Å². The quantitative estimate of drug-likeness (QED) is 0.805. The second-order valence-electron chi connectivity index (χ2n) is 6.80. The monoisotopic (exact) mass is 388 g/mol. The maximum atomic E-state index is 12.3. The van der Waals surface area contributed by atoms with Gasteiger partial charge in [0.2, 0.25) is 0 Å². The minimum atomic E-state index is -0.122. The van der Waals surface area contributed by atoms with E-state index in [0.29, 0.717) is 35.1 Å². The van der Waals surface area contributed by atoms with Crippen LogP contribution in [0.1, 0.15) is 28.9 Å². The third-order valence-corrected chi connectivity index (χ3v) is 5.39. The molecule has 0 unspecified atom stereocenters. The molecule has 2 aliphatic rings. The minimum Gasteiger partial charge on any atom is -0.490 e. The first-order valence-corrected chi connectivity index (χ1v) is 8.88. The van der Waals surface area contributed by atoms with Gasteiger partial charge in [-0.2, -0.15) is 5.26 Å². The van der Waals surface area contributed by atoms with Crippen LogP contribution in [0.15, 0.2) is 30.3 Å². The maximum Gasteiger partial charge on any atom is 0.274 e. The van der Waals surface area contributed by atoms with Crippen LogP contribution in [-0.4, -0.2) is 40.2 Å². The van der Waals surface area contributed by atoms with Gasteiger partial charge >= 0.3 is 0 Å². The average molecular weight is 389 g/mol. The van der Waals surface area contributed by atoms with Crippen molar-refractivity contribution in [1.82, 2.24) is 15.1 Å². The lowest BCUT2D eigenvalue weighted by atomic mass is 9.61. The van der Waals surface area contributed by atoms with E-state index >= 15 is 0 Å². The Labute approximate surface area is 160 Å². The molecule has 1 aliphatic heterocycles. The SMILES string of the molecule is N#Cc1ccc(OC2CC3(C2)CN(C(=O)c2ccc(Cl)nn2)C3)cc1Cl. The number of amides is 1. The van der Waals surface area contributed by atoms with Crippen LogP contribution in [0.4, 0.5) is 0 Å². The molecule has 1 aliphatic carbocycles. The van der Waals surface area contributed by atoms with Gasteiger partial charge < -0.3 is 9.64 Å². The van der Waals surface area contributed by atoms with Gasteiger partial charge in [0.15, 0.2) is 10.8 Å². The lowest BCUT2D eigenvalue weighted by Gasteiger charge is -2.58. The number of rotatable bonds is 3. The number of carbonyl (C=O) groups is 1. The van der Waals surface area contributed by atoms with Crippen LogP contribution in [0.2, 0.25) is 10.2 Å². The van der Waals surface area contributed by atoms with Crippen molar-refractivity contribution in [3.8, 4) is 11.8 Å². The van der Waals surface area contributed by atoms with Gasteiger partial charge in [-0.25, -0.2) is 0 Å². The number of carbonyl (C=O) groups excluding carboxylic acids is 1. The maximum absolute atomic E-state index is 12.3. The largest absolute Gasteiger partial charge is 0.490 e. The number of likely N-dealkylation sites (tertiary alicyclic amines) is 1. The number of nitrogens with zero attached hydrogens (tertiary/aromatic N) is 4. The first kappa shape index (κ1) is 17.1. The highest BCUT2D eigenvalue weighted by Crippen LogP contribution is 2.50. The summed E-state index contributed by atoms with van der Waals surface area (Å²) >= 11 is 11.7. The summed E-state index contributed by atoms with van der Waals surface area (Å²) < 4.78 is 5.92. The van der Waals surface area contributed by atoms with Gasteiger partial charge in [-0.05, 0) is 37.1 Å². The minimum absolute atomic E-state index is 0.103. The summed E-state index contributed by atoms with van der Waals surface area (Å²) in [5.74, 6) is 0.542. The van der Waals surface area contributed by atoms with E-state index in [-0.39, 0.29) is 22.6 Å². The molecule has 2 heterocycles. The number of ether oxygens (including phenoxy) is 1. The summed E-state index contributed by atoms with van der Waals surface area (Å²) in [5, 5.41) is 17.1. The molecule has 0 N–H and O–H groups in total. The molecule has 0 radical (unpaired) electrons. The summed E-state index contributed by atoms with van der Waals surface area (Å²) in [6, 6.07) is 10.3. The van der Waals surface area contributed by atoms with Crippen molar-refractivity contribution in [2.45, 2.75) is 18.9 Å². The fraction of sp³-hybridized carbons (Fsp3) is 0.333. The Morgan fingerprint density at radius 1 is 1.23 bits per heavy atom. The van der Waals surface area contributed by atoms with E-state index < -0.39 is 0 Å². The highest BCUT2D eigenvalue weighted by Gasteiger charge is 2.55. The van der Waals surface area contributed by atoms with Crippen LogP contribution in [0.3, 0.4) is 0 Å². The summed E-state index contributed by atoms with van der Waals surface area (Å²) in [6.45, 7) is 1.40. The van der Waals surface area contributed by atoms with E-state index in [1.807, 2.05) is 6.07 Å². The van der Waals surface area contributed by atoms with Crippen LogP contribution < -0.4 is 4.74 Å². The summed E-state index contributed by atoms with van der Waals surface area (Å²) in [6.07, 6.45) is 1.88. The zero-order valence-corrected chi connectivity index (χ0v) is 15.2. The fourth-order valence-electron chi connectivity index (χ4n) is 3.60. The molecule has 6 nitrogen and oxygen atoms in total. The predicted molar refractivity (Wildman–Crippen MR) is 95.2 cm³/mol. The molecule has 1 saturated carbocycles. The van der Waals surface area contributed by atoms with Gasteiger partial charge in [0.05, 0.1) is 10.6 Å². The second-order valence-corrected chi connectivity index (χ2v) is 7.60. The molecule has 1 spiro atoms. The lowest BCUT2D eigenvalue weighted by Crippen LogP contribution is -2.65. The number of nitriles is 1. The van der Waals surface area contributed by atoms with Crippen molar-refractivity contribution in [2.24, 2.45) is 5.41 Å². The van der Waals surface area contributed by atoms with Gasteiger partial charge in [-0.1, -0.05) is 23.2 Å². The van der Waals surface area contributed by atoms with Gasteiger partial charge in [0.1, 0.15) is 17.9 Å². The van der Waals surface area contributed by atoms with Gasteiger partial charge in [-0.3, -0.25) is 4.79 Å². The summed E-state index contributed by atoms with van der Waals surface area (Å²) in [7, 11) is 0. The Hall–Kier alpha value is -2.36. The summed E-state index contributed by atoms with van der Waals surface area (Å²) in [4.78, 5) is 14.1. The smallest absolute Gasteiger partial charge is 0.274 e. The van der Waals surface area contributed by atoms with E-state index in [4.69, 9.17) is 33.2 Å². The lowest BCUT2D eigenvalue weighted by molar-refractivity contribution is -0.103. The predicted octanol–water partition coefficient (Wildman–Crippen LogP) is 3.34. The van der Waals surface area contributed by atoms with E-state index in [2.05, 4.69) is 10.2 Å². The molecular weight excluding hydrogens is 375 g/mol. The standard InChI is InChI=1S/C18H14Cl2N4O2/c19-14-5-12(2-1-11(14)8-21)26-13-6-18(7-13)9-24(10-18)17(25)15-3-4-16(20)23-22-15/h1-5,13H,6-7,9-10H2. The number of hydrogen-bond donors (Lipinski definition) is 0. The van der Waals surface area contributed by atoms with Crippen LogP contribution in [0.25, 0.3) is 0 Å². The topological polar surface area (TPSA) is 79.1 Å². The molecule has 0 atom stereocenters. The Bertz CT molecular complexity index is 896. The molecule has 1 aromatic heterocycles. The number of benzene rings is 1. The normalized spacial score (nSPS) is 18.0. The molecule has 2 aromatic rings. The first-order chi connectivity index (χ1) is 12.5. The van der Waals surface area contributed by atoms with E-state index in [1.54, 1.807) is 35.2 Å². The van der Waals surface area contributed by atoms with Crippen molar-refractivity contribution in [3.63, 3.8) is 0 Å². The average Bonchev–Trinajstić information content (AvgIpc) is 2.56. The van der Waals surface area contributed by atoms with Gasteiger partial charge in [0, 0.05) is 24.6 Å². The highest BCUT2D eigenvalue weighted by molar-refractivity contribution is 6.31. The van der Waals surface area contributed by atoms with Crippen LogP contribution in [-0.2, 0) is 0 Å². The molecule has 8 heteroatoms. The molecule has 1 aromatic carbocycles. The Morgan fingerprint density at radius 3 is 2.62 bits per heavy atom. The van der Waals surface area contributed by atoms with Crippen molar-refractivity contribution in [3.05, 3.63) is 51.8 Å². The first-order valence-electron chi connectivity index (χ1n) is 8.13. The molecule has 1 saturated heterocycles. The molecule has 1 amide bonds. The highest BCUT2D eigenvalue weighted by atomic mass is 35.5. The third-order valence-electron chi connectivity index (χ3n) is 4.88. The molecule has 0 bridgehead atoms. The van der Waals surface area contributed by atoms with Crippen molar-refractivity contribution >= 4 is 29.1 Å². The van der Waals surface area contributed by atoms with Crippen LogP contribution in [0, 0.1) is 16.7 Å². The summed E-state index contributed by atoms with van der Waals surface area (Å²) in [5.41, 5.74) is 0.877. The number of hydrogen-bond acceptors (Lipinski definition) is 5. The van der Waals surface area contributed by atoms with Crippen molar-refractivity contribution in [2.75, 3.05) is 13.1 Å². The zero-order chi connectivity index (χ0) is 18.3. The van der Waals surface area contributed by atoms with E-state index in [0.717, 1.165) is 12.8 Å². The molecule has 4 rings (SSSR count). The van der Waals surface area contributed by atoms with Gasteiger partial charge in [0.25, 0.3) is 5.91 Å². The van der Waals surface area contributed by atoms with Crippen molar-refractivity contribution < 1.29 is 9.53 Å². The number of halogens is 2. The third kappa shape index (κ3) is 3.09. The molecular formula is C18H14Cl2N4O2. The molecule has 26 heavy (non-hydrogen) atoms. The van der Waals surface area contributed by atoms with Crippen LogP contribution in [0.5, 0.6) is 5.75 Å². The Balaban J connectivity index is 1.29. The molecule has 2 fully saturated rings. The van der Waals surface area contributed by atoms with Crippen molar-refractivity contribution in [1.29, 1.82) is 5.26 Å². The second kappa shape index (κ2) is 6.42. The van der Waals surface area contributed by atoms with Crippen LogP contribution >= 0.6 is 23.2 Å². The van der Waals surface area contributed by atoms with E-state index in [9.17, 15) is 4.79 Å². The zero-order valence-electron chi connectivity index (χ0n) is 13.7. The molecule has 132 valence electrons. The Morgan fingerprint density at radius 2 is 2.00 bits per heavy atom. The fourth-order valence-corrected chi connectivity index (χ4v) is 3.91. The van der Waals surface area contributed by atoms with Gasteiger partial charge in [-0.15, -0.1) is 10.2 Å². The Kier molecular flexibility index (Phi) is 4.22.